The number of hydrogen-bond acceptors (Lipinski definition) is 5. The number of aromatic nitrogens is 1. The summed E-state index contributed by atoms with van der Waals surface area (Å²) in [6, 6.07) is 18.2. The third-order valence-corrected chi connectivity index (χ3v) is 6.41. The van der Waals surface area contributed by atoms with Crippen LogP contribution in [-0.4, -0.2) is 24.6 Å². The number of hydrogen-bond donors (Lipinski definition) is 0. The number of alkyl halides is 3. The van der Waals surface area contributed by atoms with E-state index in [9.17, 15) is 13.2 Å². The van der Waals surface area contributed by atoms with E-state index in [-0.39, 0.29) is 5.69 Å². The van der Waals surface area contributed by atoms with E-state index in [4.69, 9.17) is 9.47 Å². The molecule has 0 amide bonds. The lowest BCUT2D eigenvalue weighted by Gasteiger charge is -2.10. The third kappa shape index (κ3) is 5.88. The summed E-state index contributed by atoms with van der Waals surface area (Å²) in [5.74, 6) is 1.16. The molecule has 36 heavy (non-hydrogen) atoms. The van der Waals surface area contributed by atoms with Gasteiger partial charge in [0.1, 0.15) is 0 Å². The second-order valence-electron chi connectivity index (χ2n) is 7.44. The summed E-state index contributed by atoms with van der Waals surface area (Å²) in [4.78, 5) is 4.64. The minimum atomic E-state index is -4.53. The molecule has 0 unspecified atom stereocenters. The average molecular weight is 576 g/mol. The van der Waals surface area contributed by atoms with Crippen LogP contribution in [0.15, 0.2) is 86.7 Å². The van der Waals surface area contributed by atoms with Gasteiger partial charge in [0.05, 0.1) is 36.9 Å². The maximum absolute atomic E-state index is 13.6. The van der Waals surface area contributed by atoms with Gasteiger partial charge in [-0.1, -0.05) is 40.2 Å². The van der Waals surface area contributed by atoms with E-state index in [0.717, 1.165) is 21.7 Å². The van der Waals surface area contributed by atoms with E-state index in [2.05, 4.69) is 26.0 Å². The van der Waals surface area contributed by atoms with Crippen LogP contribution in [-0.2, 0) is 6.18 Å². The van der Waals surface area contributed by atoms with Gasteiger partial charge in [-0.3, -0.25) is 0 Å². The van der Waals surface area contributed by atoms with Gasteiger partial charge in [-0.25, -0.2) is 9.67 Å². The fraction of sp³-hybridized carbons (Fsp3) is 0.154. The monoisotopic (exact) mass is 575 g/mol. The van der Waals surface area contributed by atoms with Gasteiger partial charge >= 0.3 is 6.18 Å². The first kappa shape index (κ1) is 25.7. The molecule has 0 saturated carbocycles. The number of benzene rings is 3. The largest absolute Gasteiger partial charge is 0.493 e. The first-order valence-electron chi connectivity index (χ1n) is 10.8. The van der Waals surface area contributed by atoms with Gasteiger partial charge in [0, 0.05) is 15.4 Å². The van der Waals surface area contributed by atoms with E-state index in [1.54, 1.807) is 25.5 Å². The molecule has 10 heteroatoms. The smallest absolute Gasteiger partial charge is 0.418 e. The highest BCUT2D eigenvalue weighted by Gasteiger charge is 2.33. The van der Waals surface area contributed by atoms with Crippen molar-refractivity contribution in [2.45, 2.75) is 13.1 Å². The average Bonchev–Trinajstić information content (AvgIpc) is 3.26. The summed E-state index contributed by atoms with van der Waals surface area (Å²) in [7, 11) is 1.55. The normalized spacial score (nSPS) is 12.3. The highest BCUT2D eigenvalue weighted by Crippen LogP contribution is 2.36. The molecule has 0 aliphatic rings. The lowest BCUT2D eigenvalue weighted by atomic mass is 10.2. The number of nitrogens with zero attached hydrogens (tertiary/aromatic N) is 3. The SMILES string of the molecule is CCOc1ccc(/C=N/n2c(-c3ccc(Br)cc3)csc2=Nc2ccccc2C(F)(F)F)cc1OC. The molecular weight excluding hydrogens is 555 g/mol. The van der Waals surface area contributed by atoms with Crippen LogP contribution in [0.3, 0.4) is 0 Å². The van der Waals surface area contributed by atoms with Crippen LogP contribution in [0.2, 0.25) is 0 Å². The maximum atomic E-state index is 13.6. The van der Waals surface area contributed by atoms with Gasteiger partial charge in [0.25, 0.3) is 0 Å². The Morgan fingerprint density at radius 2 is 1.78 bits per heavy atom. The van der Waals surface area contributed by atoms with E-state index in [1.165, 1.54) is 34.2 Å². The molecule has 186 valence electrons. The maximum Gasteiger partial charge on any atom is 0.418 e. The summed E-state index contributed by atoms with van der Waals surface area (Å²) in [5.41, 5.74) is 1.25. The van der Waals surface area contributed by atoms with Crippen LogP contribution in [0.1, 0.15) is 18.1 Å². The highest BCUT2D eigenvalue weighted by molar-refractivity contribution is 9.10. The molecule has 0 spiro atoms. The van der Waals surface area contributed by atoms with Crippen LogP contribution < -0.4 is 14.3 Å². The molecule has 0 N–H and O–H groups in total. The summed E-state index contributed by atoms with van der Waals surface area (Å²) >= 11 is 4.62. The van der Waals surface area contributed by atoms with Gasteiger partial charge in [0.15, 0.2) is 11.5 Å². The van der Waals surface area contributed by atoms with Crippen molar-refractivity contribution < 1.29 is 22.6 Å². The number of methoxy groups -OCH3 is 1. The third-order valence-electron chi connectivity index (χ3n) is 5.06. The Morgan fingerprint density at radius 1 is 1.03 bits per heavy atom. The molecule has 3 aromatic carbocycles. The number of ether oxygens (including phenoxy) is 2. The first-order chi connectivity index (χ1) is 17.3. The van der Waals surface area contributed by atoms with Crippen molar-refractivity contribution in [2.24, 2.45) is 10.1 Å². The zero-order valence-electron chi connectivity index (χ0n) is 19.3. The van der Waals surface area contributed by atoms with Crippen LogP contribution in [0.4, 0.5) is 18.9 Å². The van der Waals surface area contributed by atoms with E-state index in [0.29, 0.717) is 28.6 Å². The van der Waals surface area contributed by atoms with Crippen LogP contribution in [0.5, 0.6) is 11.5 Å². The zero-order chi connectivity index (χ0) is 25.7. The van der Waals surface area contributed by atoms with Crippen molar-refractivity contribution in [1.82, 2.24) is 4.68 Å². The van der Waals surface area contributed by atoms with Crippen LogP contribution in [0, 0.1) is 0 Å². The van der Waals surface area contributed by atoms with Gasteiger partial charge in [-0.2, -0.15) is 18.3 Å². The minimum Gasteiger partial charge on any atom is -0.493 e. The van der Waals surface area contributed by atoms with Gasteiger partial charge in [-0.05, 0) is 55.0 Å². The topological polar surface area (TPSA) is 48.1 Å². The summed E-state index contributed by atoms with van der Waals surface area (Å²) in [5, 5.41) is 6.41. The second-order valence-corrected chi connectivity index (χ2v) is 9.19. The lowest BCUT2D eigenvalue weighted by molar-refractivity contribution is -0.137. The van der Waals surface area contributed by atoms with Crippen molar-refractivity contribution in [3.63, 3.8) is 0 Å². The van der Waals surface area contributed by atoms with Gasteiger partial charge < -0.3 is 9.47 Å². The van der Waals surface area contributed by atoms with Crippen LogP contribution in [0.25, 0.3) is 11.3 Å². The lowest BCUT2D eigenvalue weighted by Crippen LogP contribution is -2.13. The Hall–Kier alpha value is -3.37. The Kier molecular flexibility index (Phi) is 7.95. The van der Waals surface area contributed by atoms with E-state index < -0.39 is 11.7 Å². The minimum absolute atomic E-state index is 0.180. The fourth-order valence-corrected chi connectivity index (χ4v) is 4.50. The molecule has 0 fully saturated rings. The number of rotatable bonds is 7. The first-order valence-corrected chi connectivity index (χ1v) is 12.5. The standard InChI is InChI=1S/C26H21BrF3N3O2S/c1-3-35-23-13-8-17(14-24(23)34-2)15-31-33-22(18-9-11-19(27)12-10-18)16-36-25(33)32-21-7-5-4-6-20(21)26(28,29)30/h4-16H,3H2,1-2H3/b31-15+,32-25?. The molecule has 4 aromatic rings. The second kappa shape index (κ2) is 11.1. The molecule has 1 aromatic heterocycles. The van der Waals surface area contributed by atoms with E-state index >= 15 is 0 Å². The Morgan fingerprint density at radius 3 is 2.47 bits per heavy atom. The predicted octanol–water partition coefficient (Wildman–Crippen LogP) is 7.52. The number of para-hydroxylation sites is 1. The molecule has 0 radical (unpaired) electrons. The Labute approximate surface area is 218 Å². The molecule has 4 rings (SSSR count). The molecule has 1 heterocycles. The summed E-state index contributed by atoms with van der Waals surface area (Å²) < 4.78 is 54.1. The number of halogens is 4. The van der Waals surface area contributed by atoms with Crippen molar-refractivity contribution >= 4 is 39.2 Å². The molecule has 0 aliphatic heterocycles. The Balaban J connectivity index is 1.85. The van der Waals surface area contributed by atoms with Crippen molar-refractivity contribution in [1.29, 1.82) is 0 Å². The molecule has 0 atom stereocenters. The van der Waals surface area contributed by atoms with Crippen molar-refractivity contribution in [3.8, 4) is 22.8 Å². The number of thiazole rings is 1. The fourth-order valence-electron chi connectivity index (χ4n) is 3.39. The molecule has 5 nitrogen and oxygen atoms in total. The van der Waals surface area contributed by atoms with Crippen molar-refractivity contribution in [3.05, 3.63) is 92.5 Å². The van der Waals surface area contributed by atoms with E-state index in [1.807, 2.05) is 42.6 Å². The predicted molar refractivity (Wildman–Crippen MR) is 139 cm³/mol. The summed E-state index contributed by atoms with van der Waals surface area (Å²) in [6.07, 6.45) is -2.93. The quantitative estimate of drug-likeness (QED) is 0.214. The zero-order valence-corrected chi connectivity index (χ0v) is 21.7. The molecular formula is C26H21BrF3N3O2S. The van der Waals surface area contributed by atoms with Crippen molar-refractivity contribution in [2.75, 3.05) is 13.7 Å². The van der Waals surface area contributed by atoms with Gasteiger partial charge in [0.2, 0.25) is 4.80 Å². The Bertz CT molecular complexity index is 1440. The van der Waals surface area contributed by atoms with Crippen LogP contribution >= 0.6 is 27.3 Å². The molecule has 0 bridgehead atoms. The summed E-state index contributed by atoms with van der Waals surface area (Å²) in [6.45, 7) is 2.38. The molecule has 0 saturated heterocycles. The molecule has 0 aliphatic carbocycles. The van der Waals surface area contributed by atoms with Gasteiger partial charge in [-0.15, -0.1) is 11.3 Å². The highest BCUT2D eigenvalue weighted by atomic mass is 79.9.